The third kappa shape index (κ3) is 2.44. The highest BCUT2D eigenvalue weighted by molar-refractivity contribution is 5.57. The highest BCUT2D eigenvalue weighted by Gasteiger charge is 2.69. The first-order valence-corrected chi connectivity index (χ1v) is 9.53. The van der Waals surface area contributed by atoms with Crippen LogP contribution >= 0.6 is 0 Å². The summed E-state index contributed by atoms with van der Waals surface area (Å²) in [6.45, 7) is 5.40. The molecule has 1 aliphatic carbocycles. The highest BCUT2D eigenvalue weighted by atomic mass is 16.6. The van der Waals surface area contributed by atoms with Crippen molar-refractivity contribution in [3.8, 4) is 0 Å². The van der Waals surface area contributed by atoms with E-state index in [2.05, 4.69) is 24.8 Å². The smallest absolute Gasteiger partial charge is 0.130 e. The van der Waals surface area contributed by atoms with Crippen molar-refractivity contribution >= 4 is 6.08 Å². The van der Waals surface area contributed by atoms with E-state index in [1.165, 1.54) is 0 Å². The molecule has 4 rings (SSSR count). The average molecular weight is 340 g/mol. The Hall–Kier alpha value is -1.42. The Kier molecular flexibility index (Phi) is 4.35. The van der Waals surface area contributed by atoms with E-state index in [-0.39, 0.29) is 5.60 Å². The van der Waals surface area contributed by atoms with Gasteiger partial charge in [0.1, 0.15) is 16.8 Å². The quantitative estimate of drug-likeness (QED) is 0.835. The van der Waals surface area contributed by atoms with E-state index in [1.807, 2.05) is 24.3 Å². The average Bonchev–Trinajstić information content (AvgIpc) is 3.29. The first-order chi connectivity index (χ1) is 12.2. The number of ether oxygens (including phenoxy) is 2. The monoisotopic (exact) mass is 340 g/mol. The van der Waals surface area contributed by atoms with Crippen LogP contribution in [-0.4, -0.2) is 35.1 Å². The predicted octanol–water partition coefficient (Wildman–Crippen LogP) is 4.27. The molecule has 0 radical (unpaired) electrons. The van der Waals surface area contributed by atoms with Crippen LogP contribution in [0.2, 0.25) is 0 Å². The molecule has 0 aromatic heterocycles. The van der Waals surface area contributed by atoms with Crippen molar-refractivity contribution in [1.29, 1.82) is 0 Å². The summed E-state index contributed by atoms with van der Waals surface area (Å²) < 4.78 is 12.7. The van der Waals surface area contributed by atoms with Gasteiger partial charge in [0.15, 0.2) is 0 Å². The molecule has 1 aromatic carbocycles. The Morgan fingerprint density at radius 1 is 1.04 bits per heavy atom. The Morgan fingerprint density at radius 2 is 1.80 bits per heavy atom. The second-order valence-electron chi connectivity index (χ2n) is 7.66. The molecule has 0 unspecified atom stereocenters. The Bertz CT molecular complexity index is 651. The molecule has 2 spiro atoms. The first kappa shape index (κ1) is 17.0. The van der Waals surface area contributed by atoms with Crippen LogP contribution in [0.3, 0.4) is 0 Å². The number of aliphatic hydroxyl groups is 1. The molecule has 25 heavy (non-hydrogen) atoms. The minimum Gasteiger partial charge on any atom is -0.382 e. The number of hydrogen-bond acceptors (Lipinski definition) is 3. The third-order valence-electron chi connectivity index (χ3n) is 6.44. The molecule has 1 aromatic rings. The van der Waals surface area contributed by atoms with E-state index < -0.39 is 11.2 Å². The fourth-order valence-corrected chi connectivity index (χ4v) is 5.37. The van der Waals surface area contributed by atoms with Crippen LogP contribution in [0.4, 0.5) is 0 Å². The van der Waals surface area contributed by atoms with Gasteiger partial charge in [-0.3, -0.25) is 0 Å². The summed E-state index contributed by atoms with van der Waals surface area (Å²) in [4.78, 5) is 0. The summed E-state index contributed by atoms with van der Waals surface area (Å²) in [6, 6.07) is 10.2. The molecule has 3 heteroatoms. The summed E-state index contributed by atoms with van der Waals surface area (Å²) in [7, 11) is 0. The van der Waals surface area contributed by atoms with Crippen molar-refractivity contribution < 1.29 is 14.6 Å². The lowest BCUT2D eigenvalue weighted by Gasteiger charge is -2.58. The van der Waals surface area contributed by atoms with Crippen LogP contribution in [0, 0.1) is 0 Å². The van der Waals surface area contributed by atoms with Gasteiger partial charge in [0.25, 0.3) is 0 Å². The zero-order chi connectivity index (χ0) is 17.4. The Labute approximate surface area is 150 Å². The summed E-state index contributed by atoms with van der Waals surface area (Å²) in [5, 5.41) is 12.0. The molecule has 1 saturated carbocycles. The van der Waals surface area contributed by atoms with E-state index in [0.717, 1.165) is 56.3 Å². The van der Waals surface area contributed by atoms with Gasteiger partial charge >= 0.3 is 0 Å². The molecule has 2 heterocycles. The van der Waals surface area contributed by atoms with Crippen molar-refractivity contribution in [3.63, 3.8) is 0 Å². The number of benzene rings is 1. The summed E-state index contributed by atoms with van der Waals surface area (Å²) >= 11 is 0. The van der Waals surface area contributed by atoms with Gasteiger partial charge in [-0.05, 0) is 49.7 Å². The first-order valence-electron chi connectivity index (χ1n) is 9.53. The topological polar surface area (TPSA) is 38.7 Å². The standard InChI is InChI=1S/C22H28O3/c1-2-11-21(23)19(17-18-8-4-3-5-9-18)10-14-20(12-6-15-24-20)22(21)13-7-16-25-22/h2-5,8-9,17,23H,1,6-7,10-16H2/b19-17+/t20-,21+,22-/m0/s1. The van der Waals surface area contributed by atoms with E-state index in [4.69, 9.17) is 9.47 Å². The van der Waals surface area contributed by atoms with Crippen LogP contribution in [0.15, 0.2) is 48.6 Å². The van der Waals surface area contributed by atoms with Gasteiger partial charge in [0.05, 0.1) is 0 Å². The van der Waals surface area contributed by atoms with Crippen LogP contribution < -0.4 is 0 Å². The number of fused-ring (bicyclic) bond motifs is 1. The molecule has 3 nitrogen and oxygen atoms in total. The van der Waals surface area contributed by atoms with Crippen LogP contribution in [0.1, 0.15) is 50.5 Å². The van der Waals surface area contributed by atoms with Gasteiger partial charge in [0.2, 0.25) is 0 Å². The van der Waals surface area contributed by atoms with Gasteiger partial charge in [-0.15, -0.1) is 6.58 Å². The third-order valence-corrected chi connectivity index (χ3v) is 6.44. The minimum absolute atomic E-state index is 0.352. The molecule has 3 atom stereocenters. The SMILES string of the molecule is C=CC[C@@]1(O)/C(=C/c2ccccc2)CC[C@@]2(CCCO2)[C@@]12CCCO2. The second-order valence-corrected chi connectivity index (χ2v) is 7.66. The molecule has 0 bridgehead atoms. The van der Waals surface area contributed by atoms with Crippen molar-refractivity contribution in [3.05, 3.63) is 54.1 Å². The minimum atomic E-state index is -1.05. The molecule has 2 saturated heterocycles. The molecule has 3 fully saturated rings. The maximum absolute atomic E-state index is 12.0. The van der Waals surface area contributed by atoms with Crippen molar-refractivity contribution in [1.82, 2.24) is 0 Å². The maximum Gasteiger partial charge on any atom is 0.130 e. The van der Waals surface area contributed by atoms with Gasteiger partial charge in [-0.25, -0.2) is 0 Å². The van der Waals surface area contributed by atoms with Crippen LogP contribution in [-0.2, 0) is 9.47 Å². The normalized spacial score (nSPS) is 39.5. The molecule has 1 N–H and O–H groups in total. The highest BCUT2D eigenvalue weighted by Crippen LogP contribution is 2.59. The zero-order valence-corrected chi connectivity index (χ0v) is 14.9. The lowest BCUT2D eigenvalue weighted by molar-refractivity contribution is -0.254. The lowest BCUT2D eigenvalue weighted by atomic mass is 9.57. The van der Waals surface area contributed by atoms with Gasteiger partial charge < -0.3 is 14.6 Å². The molecule has 2 aliphatic heterocycles. The van der Waals surface area contributed by atoms with E-state index in [1.54, 1.807) is 0 Å². The van der Waals surface area contributed by atoms with Gasteiger partial charge in [-0.1, -0.05) is 42.5 Å². The zero-order valence-electron chi connectivity index (χ0n) is 14.9. The van der Waals surface area contributed by atoms with Crippen molar-refractivity contribution in [2.75, 3.05) is 13.2 Å². The molecule has 3 aliphatic rings. The van der Waals surface area contributed by atoms with E-state index in [0.29, 0.717) is 13.0 Å². The lowest BCUT2D eigenvalue weighted by Crippen LogP contribution is -2.70. The van der Waals surface area contributed by atoms with Gasteiger partial charge in [0, 0.05) is 19.6 Å². The Morgan fingerprint density at radius 3 is 2.44 bits per heavy atom. The fraction of sp³-hybridized carbons (Fsp3) is 0.545. The fourth-order valence-electron chi connectivity index (χ4n) is 5.37. The van der Waals surface area contributed by atoms with E-state index >= 15 is 0 Å². The molecule has 134 valence electrons. The summed E-state index contributed by atoms with van der Waals surface area (Å²) in [5.74, 6) is 0. The number of rotatable bonds is 3. The number of hydrogen-bond donors (Lipinski definition) is 1. The summed E-state index contributed by atoms with van der Waals surface area (Å²) in [6.07, 6.45) is 10.1. The van der Waals surface area contributed by atoms with E-state index in [9.17, 15) is 5.11 Å². The van der Waals surface area contributed by atoms with Crippen LogP contribution in [0.25, 0.3) is 6.08 Å². The van der Waals surface area contributed by atoms with Crippen molar-refractivity contribution in [2.45, 2.75) is 61.7 Å². The molecular formula is C22H28O3. The predicted molar refractivity (Wildman–Crippen MR) is 99.3 cm³/mol. The van der Waals surface area contributed by atoms with Crippen molar-refractivity contribution in [2.24, 2.45) is 0 Å². The van der Waals surface area contributed by atoms with Gasteiger partial charge in [-0.2, -0.15) is 0 Å². The molecule has 0 amide bonds. The molecular weight excluding hydrogens is 312 g/mol. The second kappa shape index (κ2) is 6.39. The largest absolute Gasteiger partial charge is 0.382 e. The van der Waals surface area contributed by atoms with Crippen LogP contribution in [0.5, 0.6) is 0 Å². The Balaban J connectivity index is 1.83. The maximum atomic E-state index is 12.0. The summed E-state index contributed by atoms with van der Waals surface area (Å²) in [5.41, 5.74) is 0.126.